The second kappa shape index (κ2) is 8.60. The van der Waals surface area contributed by atoms with Crippen LogP contribution in [0.15, 0.2) is 42.3 Å². The highest BCUT2D eigenvalue weighted by Crippen LogP contribution is 2.42. The molecule has 5 heteroatoms. The highest BCUT2D eigenvalue weighted by atomic mass is 16.5. The van der Waals surface area contributed by atoms with Gasteiger partial charge in [0.15, 0.2) is 5.76 Å². The molecule has 4 rings (SSSR count). The highest BCUT2D eigenvalue weighted by molar-refractivity contribution is 6.16. The first-order valence-electron chi connectivity index (χ1n) is 11.0. The van der Waals surface area contributed by atoms with Crippen LogP contribution in [-0.4, -0.2) is 33.4 Å². The molecule has 162 valence electrons. The maximum absolute atomic E-state index is 13.3. The number of benzene rings is 2. The van der Waals surface area contributed by atoms with E-state index < -0.39 is 0 Å². The summed E-state index contributed by atoms with van der Waals surface area (Å²) in [6.07, 6.45) is 5.88. The Bertz CT molecular complexity index is 1170. The van der Waals surface area contributed by atoms with Crippen LogP contribution in [0, 0.1) is 6.92 Å². The third kappa shape index (κ3) is 3.86. The van der Waals surface area contributed by atoms with E-state index in [1.54, 1.807) is 6.07 Å². The number of allylic oxidation sites excluding steroid dienone is 1. The molecule has 1 N–H and O–H groups in total. The van der Waals surface area contributed by atoms with Gasteiger partial charge in [-0.3, -0.25) is 9.69 Å². The van der Waals surface area contributed by atoms with E-state index in [0.717, 1.165) is 48.0 Å². The lowest BCUT2D eigenvalue weighted by molar-refractivity contribution is 0.101. The summed E-state index contributed by atoms with van der Waals surface area (Å²) in [5.74, 6) is 0.872. The first kappa shape index (κ1) is 21.2. The van der Waals surface area contributed by atoms with Crippen LogP contribution in [0.5, 0.6) is 11.5 Å². The molecule has 31 heavy (non-hydrogen) atoms. The number of hydrogen-bond acceptors (Lipinski definition) is 4. The van der Waals surface area contributed by atoms with Crippen molar-refractivity contribution in [3.8, 4) is 11.5 Å². The fraction of sp³-hybridized carbons (Fsp3) is 0.346. The molecule has 1 aromatic heterocycles. The van der Waals surface area contributed by atoms with Crippen molar-refractivity contribution in [1.29, 1.82) is 0 Å². The van der Waals surface area contributed by atoms with Crippen LogP contribution in [0.25, 0.3) is 17.0 Å². The Morgan fingerprint density at radius 3 is 2.58 bits per heavy atom. The fourth-order valence-electron chi connectivity index (χ4n) is 4.49. The molecule has 0 bridgehead atoms. The third-order valence-electron chi connectivity index (χ3n) is 5.90. The topological polar surface area (TPSA) is 54.7 Å². The van der Waals surface area contributed by atoms with Crippen molar-refractivity contribution in [3.05, 3.63) is 64.5 Å². The van der Waals surface area contributed by atoms with Crippen LogP contribution in [0.2, 0.25) is 0 Å². The number of phenolic OH excluding ortho intramolecular Hbond substituents is 1. The molecule has 0 radical (unpaired) electrons. The number of Topliss-reactive ketones (excluding diaryl/α,β-unsaturated/α-hetero) is 1. The maximum Gasteiger partial charge on any atom is 0.232 e. The lowest BCUT2D eigenvalue weighted by atomic mass is 9.99. The molecule has 0 saturated carbocycles. The summed E-state index contributed by atoms with van der Waals surface area (Å²) in [7, 11) is 1.99. The fourth-order valence-corrected chi connectivity index (χ4v) is 4.49. The number of rotatable bonds is 7. The lowest BCUT2D eigenvalue weighted by Crippen LogP contribution is -2.25. The van der Waals surface area contributed by atoms with Gasteiger partial charge >= 0.3 is 0 Å². The minimum atomic E-state index is -0.126. The lowest BCUT2D eigenvalue weighted by Gasteiger charge is -2.22. The molecule has 2 heterocycles. The Balaban J connectivity index is 1.75. The quantitative estimate of drug-likeness (QED) is 0.520. The molecule has 0 unspecified atom stereocenters. The monoisotopic (exact) mass is 418 g/mol. The number of ketones is 1. The minimum absolute atomic E-state index is 0.126. The smallest absolute Gasteiger partial charge is 0.232 e. The zero-order chi connectivity index (χ0) is 22.1. The van der Waals surface area contributed by atoms with Crippen molar-refractivity contribution < 1.29 is 14.6 Å². The Hall–Kier alpha value is -3.05. The molecule has 0 spiro atoms. The highest BCUT2D eigenvalue weighted by Gasteiger charge is 2.33. The zero-order valence-corrected chi connectivity index (χ0v) is 18.7. The van der Waals surface area contributed by atoms with Gasteiger partial charge in [-0.1, -0.05) is 32.0 Å². The number of para-hydroxylation sites is 1. The second-order valence-corrected chi connectivity index (χ2v) is 8.32. The van der Waals surface area contributed by atoms with E-state index in [2.05, 4.69) is 24.8 Å². The molecule has 1 aliphatic rings. The van der Waals surface area contributed by atoms with E-state index in [0.29, 0.717) is 29.2 Å². The van der Waals surface area contributed by atoms with Crippen LogP contribution < -0.4 is 4.74 Å². The number of fused-ring (bicyclic) bond motifs is 2. The number of carbonyl (C=O) groups excluding carboxylic acids is 1. The predicted octanol–water partition coefficient (Wildman–Crippen LogP) is 5.43. The van der Waals surface area contributed by atoms with Crippen LogP contribution in [0.3, 0.4) is 0 Å². The molecule has 5 nitrogen and oxygen atoms in total. The minimum Gasteiger partial charge on any atom is -0.507 e. The molecule has 0 aliphatic carbocycles. The van der Waals surface area contributed by atoms with Crippen LogP contribution in [-0.2, 0) is 13.6 Å². The molecule has 0 saturated heterocycles. The van der Waals surface area contributed by atoms with E-state index in [9.17, 15) is 9.90 Å². The predicted molar refractivity (Wildman–Crippen MR) is 125 cm³/mol. The number of hydrogen-bond donors (Lipinski definition) is 1. The molecule has 0 fully saturated rings. The number of carbonyl (C=O) groups is 1. The van der Waals surface area contributed by atoms with E-state index in [4.69, 9.17) is 4.74 Å². The summed E-state index contributed by atoms with van der Waals surface area (Å²) in [5, 5.41) is 11.8. The van der Waals surface area contributed by atoms with Gasteiger partial charge in [0.05, 0.1) is 11.1 Å². The number of nitrogens with zero attached hydrogens (tertiary/aromatic N) is 2. The molecule has 0 atom stereocenters. The average molecular weight is 419 g/mol. The van der Waals surface area contributed by atoms with E-state index in [1.165, 1.54) is 0 Å². The summed E-state index contributed by atoms with van der Waals surface area (Å²) in [6, 6.07) is 9.78. The summed E-state index contributed by atoms with van der Waals surface area (Å²) in [4.78, 5) is 15.6. The molecular formula is C26H30N2O3. The van der Waals surface area contributed by atoms with Crippen molar-refractivity contribution in [1.82, 2.24) is 9.47 Å². The van der Waals surface area contributed by atoms with Gasteiger partial charge in [0.1, 0.15) is 11.5 Å². The van der Waals surface area contributed by atoms with E-state index >= 15 is 0 Å². The van der Waals surface area contributed by atoms with Crippen LogP contribution in [0.4, 0.5) is 0 Å². The van der Waals surface area contributed by atoms with Gasteiger partial charge < -0.3 is 14.4 Å². The van der Waals surface area contributed by atoms with Crippen molar-refractivity contribution >= 4 is 22.8 Å². The molecule has 3 aromatic rings. The average Bonchev–Trinajstić information content (AvgIpc) is 3.23. The van der Waals surface area contributed by atoms with Crippen LogP contribution in [0.1, 0.15) is 53.7 Å². The van der Waals surface area contributed by atoms with Crippen molar-refractivity contribution in [2.75, 3.05) is 13.1 Å². The van der Waals surface area contributed by atoms with Gasteiger partial charge in [-0.2, -0.15) is 0 Å². The number of aryl methyl sites for hydroxylation is 2. The van der Waals surface area contributed by atoms with E-state index in [-0.39, 0.29) is 11.5 Å². The SMILES string of the molecule is CCCN(CCC)Cc1c(O)cc(C)c2c1O/C(=C\c1cn(C)c3ccccc13)C2=O. The van der Waals surface area contributed by atoms with Crippen molar-refractivity contribution in [3.63, 3.8) is 0 Å². The Kier molecular flexibility index (Phi) is 5.88. The van der Waals surface area contributed by atoms with Gasteiger partial charge in [-0.25, -0.2) is 0 Å². The summed E-state index contributed by atoms with van der Waals surface area (Å²) in [5.41, 5.74) is 4.03. The normalized spacial score (nSPS) is 14.6. The third-order valence-corrected chi connectivity index (χ3v) is 5.90. The zero-order valence-electron chi connectivity index (χ0n) is 18.7. The van der Waals surface area contributed by atoms with Gasteiger partial charge in [0.2, 0.25) is 5.78 Å². The first-order chi connectivity index (χ1) is 14.9. The summed E-state index contributed by atoms with van der Waals surface area (Å²) >= 11 is 0. The maximum atomic E-state index is 13.3. The first-order valence-corrected chi connectivity index (χ1v) is 11.0. The van der Waals surface area contributed by atoms with Gasteiger partial charge in [0.25, 0.3) is 0 Å². The standard InChI is InChI=1S/C26H30N2O3/c1-5-11-28(12-6-2)16-20-22(29)13-17(3)24-25(30)23(31-26(20)24)14-18-15-27(4)21-10-8-7-9-19(18)21/h7-10,13-15,29H,5-6,11-12,16H2,1-4H3/b23-14-. The van der Waals surface area contributed by atoms with Gasteiger partial charge in [-0.15, -0.1) is 0 Å². The Morgan fingerprint density at radius 1 is 1.16 bits per heavy atom. The number of phenols is 1. The molecular weight excluding hydrogens is 388 g/mol. The van der Waals surface area contributed by atoms with Gasteiger partial charge in [0, 0.05) is 36.3 Å². The van der Waals surface area contributed by atoms with Crippen LogP contribution >= 0.6 is 0 Å². The Labute approximate surface area is 183 Å². The van der Waals surface area contributed by atoms with Crippen molar-refractivity contribution in [2.24, 2.45) is 7.05 Å². The summed E-state index contributed by atoms with van der Waals surface area (Å²) in [6.45, 7) is 8.57. The molecule has 0 amide bonds. The number of aromatic nitrogens is 1. The largest absolute Gasteiger partial charge is 0.507 e. The Morgan fingerprint density at radius 2 is 1.87 bits per heavy atom. The number of ether oxygens (including phenoxy) is 1. The number of aromatic hydroxyl groups is 1. The molecule has 2 aromatic carbocycles. The summed E-state index contributed by atoms with van der Waals surface area (Å²) < 4.78 is 8.19. The van der Waals surface area contributed by atoms with Crippen molar-refractivity contribution in [2.45, 2.75) is 40.2 Å². The second-order valence-electron chi connectivity index (χ2n) is 8.32. The van der Waals surface area contributed by atoms with Gasteiger partial charge in [-0.05, 0) is 56.6 Å². The molecule has 1 aliphatic heterocycles. The van der Waals surface area contributed by atoms with E-state index in [1.807, 2.05) is 49.0 Å².